The molecule has 1 N–H and O–H groups in total. The summed E-state index contributed by atoms with van der Waals surface area (Å²) in [5.74, 6) is -0.524. The predicted octanol–water partition coefficient (Wildman–Crippen LogP) is 6.05. The molecule has 3 nitrogen and oxygen atoms in total. The second kappa shape index (κ2) is 9.92. The summed E-state index contributed by atoms with van der Waals surface area (Å²) in [7, 11) is 0. The molecule has 0 bridgehead atoms. The molecule has 2 aliphatic rings. The lowest BCUT2D eigenvalue weighted by Gasteiger charge is -2.37. The van der Waals surface area contributed by atoms with Gasteiger partial charge >= 0.3 is 0 Å². The van der Waals surface area contributed by atoms with E-state index in [9.17, 15) is 13.9 Å². The molecule has 162 valence electrons. The van der Waals surface area contributed by atoms with Gasteiger partial charge in [-0.15, -0.1) is 0 Å². The number of aliphatic hydroxyl groups is 1. The lowest BCUT2D eigenvalue weighted by atomic mass is 9.71. The molecule has 3 rings (SSSR count). The average molecular weight is 409 g/mol. The Morgan fingerprint density at radius 1 is 1.00 bits per heavy atom. The molecule has 0 aliphatic heterocycles. The van der Waals surface area contributed by atoms with Crippen LogP contribution in [-0.4, -0.2) is 23.9 Å². The Labute approximate surface area is 173 Å². The summed E-state index contributed by atoms with van der Waals surface area (Å²) in [5.41, 5.74) is -0.604. The standard InChI is InChI=1S/C24H34F2O3/c1-3-13-24(27)14-11-19(12-15-24)18-7-5-17(6-8-18)16-29-21-10-9-20(28-4-2)22(25)23(21)26/h9-11,14,17-19,27H,3-8,12-13,15-16H2,1-2H3/t17-,18-,19?,24?. The van der Waals surface area contributed by atoms with E-state index in [2.05, 4.69) is 13.0 Å². The Morgan fingerprint density at radius 2 is 1.66 bits per heavy atom. The van der Waals surface area contributed by atoms with E-state index in [4.69, 9.17) is 9.47 Å². The lowest BCUT2D eigenvalue weighted by Crippen LogP contribution is -2.32. The van der Waals surface area contributed by atoms with E-state index in [0.29, 0.717) is 24.4 Å². The van der Waals surface area contributed by atoms with Crippen LogP contribution in [0.15, 0.2) is 24.3 Å². The molecule has 2 aliphatic carbocycles. The first-order chi connectivity index (χ1) is 14.0. The van der Waals surface area contributed by atoms with Gasteiger partial charge in [-0.25, -0.2) is 0 Å². The van der Waals surface area contributed by atoms with Gasteiger partial charge in [0.25, 0.3) is 0 Å². The van der Waals surface area contributed by atoms with Gasteiger partial charge in [0.1, 0.15) is 0 Å². The summed E-state index contributed by atoms with van der Waals surface area (Å²) in [6.45, 7) is 4.53. The number of hydrogen-bond acceptors (Lipinski definition) is 3. The van der Waals surface area contributed by atoms with Crippen molar-refractivity contribution < 1.29 is 23.4 Å². The largest absolute Gasteiger partial charge is 0.491 e. The van der Waals surface area contributed by atoms with Crippen LogP contribution in [0.5, 0.6) is 11.5 Å². The van der Waals surface area contributed by atoms with Gasteiger partial charge in [0.2, 0.25) is 11.6 Å². The molecule has 2 unspecified atom stereocenters. The van der Waals surface area contributed by atoms with Crippen molar-refractivity contribution in [1.82, 2.24) is 0 Å². The molecule has 0 aromatic heterocycles. The quantitative estimate of drug-likeness (QED) is 0.533. The third kappa shape index (κ3) is 5.50. The minimum atomic E-state index is -0.986. The third-order valence-corrected chi connectivity index (χ3v) is 6.53. The lowest BCUT2D eigenvalue weighted by molar-refractivity contribution is 0.0509. The summed E-state index contributed by atoms with van der Waals surface area (Å²) in [6, 6.07) is 2.86. The molecular formula is C24H34F2O3. The Kier molecular flexibility index (Phi) is 7.55. The maximum Gasteiger partial charge on any atom is 0.204 e. The molecule has 0 spiro atoms. The van der Waals surface area contributed by atoms with Crippen LogP contribution in [0.2, 0.25) is 0 Å². The van der Waals surface area contributed by atoms with Gasteiger partial charge in [-0.2, -0.15) is 8.78 Å². The Hall–Kier alpha value is -1.62. The van der Waals surface area contributed by atoms with E-state index >= 15 is 0 Å². The Bertz CT molecular complexity index is 698. The van der Waals surface area contributed by atoms with Gasteiger partial charge in [0.05, 0.1) is 18.8 Å². The SMILES string of the molecule is CCCC1(O)C=CC([C@H]2CC[C@H](COc3ccc(OCC)c(F)c3F)CC2)CC1. The minimum Gasteiger partial charge on any atom is -0.491 e. The number of halogens is 2. The predicted molar refractivity (Wildman–Crippen MR) is 110 cm³/mol. The van der Waals surface area contributed by atoms with E-state index in [-0.39, 0.29) is 18.1 Å². The van der Waals surface area contributed by atoms with Gasteiger partial charge in [0, 0.05) is 0 Å². The number of hydrogen-bond donors (Lipinski definition) is 1. The zero-order chi connectivity index (χ0) is 20.9. The van der Waals surface area contributed by atoms with Crippen molar-refractivity contribution in [3.63, 3.8) is 0 Å². The van der Waals surface area contributed by atoms with Gasteiger partial charge in [0.15, 0.2) is 11.5 Å². The molecule has 0 radical (unpaired) electrons. The van der Waals surface area contributed by atoms with Crippen molar-refractivity contribution in [2.24, 2.45) is 17.8 Å². The van der Waals surface area contributed by atoms with E-state index in [0.717, 1.165) is 51.4 Å². The van der Waals surface area contributed by atoms with Crippen LogP contribution in [0, 0.1) is 29.4 Å². The molecule has 29 heavy (non-hydrogen) atoms. The second-order valence-electron chi connectivity index (χ2n) is 8.63. The molecule has 0 heterocycles. The zero-order valence-electron chi connectivity index (χ0n) is 17.6. The fraction of sp³-hybridized carbons (Fsp3) is 0.667. The summed E-state index contributed by atoms with van der Waals surface area (Å²) in [4.78, 5) is 0. The van der Waals surface area contributed by atoms with Crippen molar-refractivity contribution in [3.05, 3.63) is 35.9 Å². The number of ether oxygens (including phenoxy) is 2. The van der Waals surface area contributed by atoms with E-state index in [1.807, 2.05) is 6.08 Å². The zero-order valence-corrected chi connectivity index (χ0v) is 17.6. The highest BCUT2D eigenvalue weighted by atomic mass is 19.2. The summed E-state index contributed by atoms with van der Waals surface area (Å²) >= 11 is 0. The molecule has 1 saturated carbocycles. The average Bonchev–Trinajstić information content (AvgIpc) is 2.72. The van der Waals surface area contributed by atoms with E-state index in [1.165, 1.54) is 12.1 Å². The fourth-order valence-electron chi connectivity index (χ4n) is 4.82. The van der Waals surface area contributed by atoms with Crippen LogP contribution in [0.25, 0.3) is 0 Å². The van der Waals surface area contributed by atoms with Crippen LogP contribution in [0.4, 0.5) is 8.78 Å². The van der Waals surface area contributed by atoms with Crippen LogP contribution in [0.3, 0.4) is 0 Å². The number of benzene rings is 1. The molecular weight excluding hydrogens is 374 g/mol. The molecule has 1 aromatic rings. The first-order valence-corrected chi connectivity index (χ1v) is 11.1. The summed E-state index contributed by atoms with van der Waals surface area (Å²) in [6.07, 6.45) is 12.3. The Balaban J connectivity index is 1.47. The van der Waals surface area contributed by atoms with Crippen LogP contribution < -0.4 is 9.47 Å². The van der Waals surface area contributed by atoms with Crippen molar-refractivity contribution in [1.29, 1.82) is 0 Å². The van der Waals surface area contributed by atoms with E-state index < -0.39 is 17.2 Å². The van der Waals surface area contributed by atoms with Gasteiger partial charge < -0.3 is 14.6 Å². The fourth-order valence-corrected chi connectivity index (χ4v) is 4.82. The minimum absolute atomic E-state index is 0.0431. The first kappa shape index (κ1) is 22.1. The molecule has 1 fully saturated rings. The van der Waals surface area contributed by atoms with E-state index in [1.54, 1.807) is 6.92 Å². The van der Waals surface area contributed by atoms with Crippen LogP contribution in [0.1, 0.15) is 65.2 Å². The maximum atomic E-state index is 14.2. The topological polar surface area (TPSA) is 38.7 Å². The molecule has 0 amide bonds. The first-order valence-electron chi connectivity index (χ1n) is 11.1. The highest BCUT2D eigenvalue weighted by Gasteiger charge is 2.33. The number of allylic oxidation sites excluding steroid dienone is 1. The van der Waals surface area contributed by atoms with Gasteiger partial charge in [-0.05, 0) is 81.8 Å². The van der Waals surface area contributed by atoms with Gasteiger partial charge in [-0.3, -0.25) is 0 Å². The second-order valence-corrected chi connectivity index (χ2v) is 8.63. The normalized spacial score (nSPS) is 29.6. The molecule has 0 saturated heterocycles. The highest BCUT2D eigenvalue weighted by molar-refractivity contribution is 5.35. The Morgan fingerprint density at radius 3 is 2.21 bits per heavy atom. The number of rotatable bonds is 8. The van der Waals surface area contributed by atoms with Crippen LogP contribution in [-0.2, 0) is 0 Å². The van der Waals surface area contributed by atoms with Crippen molar-refractivity contribution in [3.8, 4) is 11.5 Å². The highest BCUT2D eigenvalue weighted by Crippen LogP contribution is 2.40. The summed E-state index contributed by atoms with van der Waals surface area (Å²) in [5, 5.41) is 10.5. The van der Waals surface area contributed by atoms with Crippen molar-refractivity contribution in [2.45, 2.75) is 70.8 Å². The third-order valence-electron chi connectivity index (χ3n) is 6.53. The smallest absolute Gasteiger partial charge is 0.204 e. The molecule has 1 aromatic carbocycles. The summed E-state index contributed by atoms with van der Waals surface area (Å²) < 4.78 is 38.8. The maximum absolute atomic E-state index is 14.2. The van der Waals surface area contributed by atoms with Crippen molar-refractivity contribution >= 4 is 0 Å². The van der Waals surface area contributed by atoms with Crippen LogP contribution >= 0.6 is 0 Å². The van der Waals surface area contributed by atoms with Gasteiger partial charge in [-0.1, -0.05) is 25.5 Å². The molecule has 5 heteroatoms. The molecule has 2 atom stereocenters. The monoisotopic (exact) mass is 408 g/mol. The van der Waals surface area contributed by atoms with Crippen molar-refractivity contribution in [2.75, 3.05) is 13.2 Å².